The van der Waals surface area contributed by atoms with E-state index in [1.165, 1.54) is 11.1 Å². The Morgan fingerprint density at radius 3 is 1.95 bits per heavy atom. The molecular formula is C17H26F2O. The Labute approximate surface area is 121 Å². The van der Waals surface area contributed by atoms with Crippen molar-refractivity contribution in [1.82, 2.24) is 0 Å². The average Bonchev–Trinajstić information content (AvgIpc) is 2.26. The molecule has 0 unspecified atom stereocenters. The first-order valence-corrected chi connectivity index (χ1v) is 7.01. The summed E-state index contributed by atoms with van der Waals surface area (Å²) < 4.78 is 25.4. The summed E-state index contributed by atoms with van der Waals surface area (Å²) in [5, 5.41) is 0. The van der Waals surface area contributed by atoms with E-state index in [9.17, 15) is 13.6 Å². The Bertz CT molecular complexity index is 405. The summed E-state index contributed by atoms with van der Waals surface area (Å²) in [6.07, 6.45) is 8.84. The summed E-state index contributed by atoms with van der Waals surface area (Å²) in [5.41, 5.74) is 3.31. The van der Waals surface area contributed by atoms with Gasteiger partial charge in [0.25, 0.3) is 0 Å². The van der Waals surface area contributed by atoms with Crippen LogP contribution in [-0.4, -0.2) is 11.7 Å². The van der Waals surface area contributed by atoms with E-state index in [0.29, 0.717) is 18.9 Å². The molecule has 0 aromatic heterocycles. The maximum atomic E-state index is 12.7. The molecule has 0 aliphatic heterocycles. The van der Waals surface area contributed by atoms with Gasteiger partial charge in [-0.15, -0.1) is 0 Å². The van der Waals surface area contributed by atoms with Gasteiger partial charge >= 0.3 is 5.92 Å². The highest BCUT2D eigenvalue weighted by Gasteiger charge is 2.29. The van der Waals surface area contributed by atoms with Gasteiger partial charge in [0.1, 0.15) is 0 Å². The lowest BCUT2D eigenvalue weighted by atomic mass is 10.0. The minimum absolute atomic E-state index is 0.631. The number of ketones is 1. The van der Waals surface area contributed by atoms with Crippen LogP contribution >= 0.6 is 0 Å². The van der Waals surface area contributed by atoms with Crippen molar-refractivity contribution < 1.29 is 13.6 Å². The number of alkyl halides is 2. The van der Waals surface area contributed by atoms with Gasteiger partial charge in [-0.05, 0) is 59.5 Å². The Balaban J connectivity index is 4.19. The van der Waals surface area contributed by atoms with Crippen molar-refractivity contribution in [1.29, 1.82) is 0 Å². The molecule has 0 spiro atoms. The third-order valence-electron chi connectivity index (χ3n) is 2.93. The van der Waals surface area contributed by atoms with Crippen LogP contribution in [-0.2, 0) is 4.79 Å². The minimum atomic E-state index is -3.27. The summed E-state index contributed by atoms with van der Waals surface area (Å²) >= 11 is 0. The number of rotatable bonds is 8. The topological polar surface area (TPSA) is 17.1 Å². The summed E-state index contributed by atoms with van der Waals surface area (Å²) in [7, 11) is 0. The van der Waals surface area contributed by atoms with Crippen LogP contribution in [0.5, 0.6) is 0 Å². The lowest BCUT2D eigenvalue weighted by Crippen LogP contribution is -2.22. The predicted molar refractivity (Wildman–Crippen MR) is 81.0 cm³/mol. The van der Waals surface area contributed by atoms with Crippen LogP contribution in [0.4, 0.5) is 8.78 Å². The highest BCUT2D eigenvalue weighted by Crippen LogP contribution is 2.16. The average molecular weight is 284 g/mol. The molecule has 0 rings (SSSR count). The molecule has 0 saturated heterocycles. The minimum Gasteiger partial charge on any atom is -0.288 e. The Morgan fingerprint density at radius 2 is 1.45 bits per heavy atom. The van der Waals surface area contributed by atoms with E-state index in [0.717, 1.165) is 25.3 Å². The summed E-state index contributed by atoms with van der Waals surface area (Å²) in [6.45, 7) is 8.58. The zero-order valence-electron chi connectivity index (χ0n) is 13.2. The first-order chi connectivity index (χ1) is 9.12. The number of hydrogen-bond donors (Lipinski definition) is 0. The van der Waals surface area contributed by atoms with E-state index >= 15 is 0 Å². The van der Waals surface area contributed by atoms with E-state index in [-0.39, 0.29) is 0 Å². The molecule has 0 bridgehead atoms. The van der Waals surface area contributed by atoms with E-state index in [4.69, 9.17) is 0 Å². The van der Waals surface area contributed by atoms with Crippen LogP contribution in [0.1, 0.15) is 60.3 Å². The Hall–Kier alpha value is -1.25. The number of hydrogen-bond acceptors (Lipinski definition) is 1. The van der Waals surface area contributed by atoms with Gasteiger partial charge in [0.15, 0.2) is 0 Å². The van der Waals surface area contributed by atoms with E-state index < -0.39 is 11.7 Å². The molecule has 20 heavy (non-hydrogen) atoms. The normalized spacial score (nSPS) is 13.3. The molecule has 0 atom stereocenters. The zero-order valence-corrected chi connectivity index (χ0v) is 13.2. The van der Waals surface area contributed by atoms with Crippen molar-refractivity contribution in [2.24, 2.45) is 0 Å². The first-order valence-electron chi connectivity index (χ1n) is 7.01. The van der Waals surface area contributed by atoms with E-state index in [1.54, 1.807) is 6.92 Å². The Kier molecular flexibility index (Phi) is 8.28. The zero-order chi connectivity index (χ0) is 15.8. The maximum Gasteiger partial charge on any atom is 0.306 e. The number of allylic oxidation sites excluding steroid dienone is 6. The lowest BCUT2D eigenvalue weighted by Gasteiger charge is -2.06. The highest BCUT2D eigenvalue weighted by atomic mass is 19.3. The molecule has 0 aliphatic carbocycles. The van der Waals surface area contributed by atoms with Gasteiger partial charge in [0, 0.05) is 6.92 Å². The number of carbonyl (C=O) groups is 1. The molecule has 3 heteroatoms. The summed E-state index contributed by atoms with van der Waals surface area (Å²) in [4.78, 5) is 11.1. The highest BCUT2D eigenvalue weighted by molar-refractivity contribution is 5.95. The lowest BCUT2D eigenvalue weighted by molar-refractivity contribution is -0.135. The molecule has 0 amide bonds. The SMILES string of the molecule is CC(C)=CCC/C(C)=C/CC/C(C)=C/C(=O)C(C)(F)F. The molecule has 114 valence electrons. The molecule has 0 saturated carbocycles. The van der Waals surface area contributed by atoms with Crippen molar-refractivity contribution in [2.45, 2.75) is 66.2 Å². The molecule has 0 aromatic rings. The quantitative estimate of drug-likeness (QED) is 0.417. The summed E-state index contributed by atoms with van der Waals surface area (Å²) in [6, 6.07) is 0. The molecule has 0 radical (unpaired) electrons. The van der Waals surface area contributed by atoms with Crippen LogP contribution in [0.2, 0.25) is 0 Å². The van der Waals surface area contributed by atoms with Crippen molar-refractivity contribution in [3.8, 4) is 0 Å². The van der Waals surface area contributed by atoms with Crippen LogP contribution < -0.4 is 0 Å². The fourth-order valence-corrected chi connectivity index (χ4v) is 1.66. The van der Waals surface area contributed by atoms with Gasteiger partial charge in [0.2, 0.25) is 5.78 Å². The van der Waals surface area contributed by atoms with Gasteiger partial charge in [-0.2, -0.15) is 8.78 Å². The number of halogens is 2. The van der Waals surface area contributed by atoms with Crippen LogP contribution in [0.15, 0.2) is 34.9 Å². The van der Waals surface area contributed by atoms with Gasteiger partial charge in [0.05, 0.1) is 0 Å². The molecule has 0 aromatic carbocycles. The fourth-order valence-electron chi connectivity index (χ4n) is 1.66. The smallest absolute Gasteiger partial charge is 0.288 e. The van der Waals surface area contributed by atoms with Crippen molar-refractivity contribution in [2.75, 3.05) is 0 Å². The monoisotopic (exact) mass is 284 g/mol. The second kappa shape index (κ2) is 8.83. The molecule has 0 fully saturated rings. The van der Waals surface area contributed by atoms with E-state index in [1.807, 2.05) is 0 Å². The van der Waals surface area contributed by atoms with Crippen LogP contribution in [0.25, 0.3) is 0 Å². The van der Waals surface area contributed by atoms with Gasteiger partial charge in [-0.25, -0.2) is 0 Å². The molecule has 0 heterocycles. The molecule has 0 aliphatic rings. The largest absolute Gasteiger partial charge is 0.306 e. The summed E-state index contributed by atoms with van der Waals surface area (Å²) in [5.74, 6) is -4.38. The van der Waals surface area contributed by atoms with Crippen LogP contribution in [0.3, 0.4) is 0 Å². The molecule has 1 nitrogen and oxygen atoms in total. The second-order valence-electron chi connectivity index (χ2n) is 5.65. The fraction of sp³-hybridized carbons (Fsp3) is 0.588. The standard InChI is InChI=1S/C17H26F2O/c1-13(2)8-6-9-14(3)10-7-11-15(4)12-16(20)17(5,18)19/h8,10,12H,6-7,9,11H2,1-5H3/b14-10+,15-12+. The van der Waals surface area contributed by atoms with Gasteiger partial charge < -0.3 is 0 Å². The van der Waals surface area contributed by atoms with Gasteiger partial charge in [-0.3, -0.25) is 4.79 Å². The molecule has 0 N–H and O–H groups in total. The first kappa shape index (κ1) is 18.8. The van der Waals surface area contributed by atoms with Crippen molar-refractivity contribution in [3.05, 3.63) is 34.9 Å². The third kappa shape index (κ3) is 9.65. The Morgan fingerprint density at radius 1 is 0.950 bits per heavy atom. The van der Waals surface area contributed by atoms with Gasteiger partial charge in [-0.1, -0.05) is 28.9 Å². The second-order valence-corrected chi connectivity index (χ2v) is 5.65. The van der Waals surface area contributed by atoms with Crippen LogP contribution in [0, 0.1) is 0 Å². The number of carbonyl (C=O) groups excluding carboxylic acids is 1. The van der Waals surface area contributed by atoms with E-state index in [2.05, 4.69) is 32.9 Å². The maximum absolute atomic E-state index is 12.7. The molecular weight excluding hydrogens is 258 g/mol. The predicted octanol–water partition coefficient (Wildman–Crippen LogP) is 5.63. The van der Waals surface area contributed by atoms with Crippen molar-refractivity contribution >= 4 is 5.78 Å². The van der Waals surface area contributed by atoms with Crippen molar-refractivity contribution in [3.63, 3.8) is 0 Å². The third-order valence-corrected chi connectivity index (χ3v) is 2.93.